The van der Waals surface area contributed by atoms with E-state index in [9.17, 15) is 29.1 Å². The van der Waals surface area contributed by atoms with Gasteiger partial charge in [0.1, 0.15) is 12.1 Å². The molecule has 0 fully saturated rings. The zero-order valence-electron chi connectivity index (χ0n) is 18.4. The third-order valence-electron chi connectivity index (χ3n) is 4.25. The maximum Gasteiger partial charge on any atom is 0.326 e. The number of aliphatic carboxylic acids is 2. The summed E-state index contributed by atoms with van der Waals surface area (Å²) in [5.74, 6) is -4.18. The maximum absolute atomic E-state index is 12.5. The second kappa shape index (κ2) is 16.5. The minimum atomic E-state index is -1.42. The van der Waals surface area contributed by atoms with Crippen molar-refractivity contribution in [2.24, 2.45) is 22.2 Å². The Labute approximate surface area is 195 Å². The van der Waals surface area contributed by atoms with E-state index in [1.54, 1.807) is 6.26 Å². The summed E-state index contributed by atoms with van der Waals surface area (Å²) < 4.78 is 0. The number of thioether (sulfide) groups is 1. The molecule has 11 N–H and O–H groups in total. The molecule has 3 unspecified atom stereocenters. The highest BCUT2D eigenvalue weighted by molar-refractivity contribution is 7.98. The first-order valence-corrected chi connectivity index (χ1v) is 11.5. The van der Waals surface area contributed by atoms with Crippen LogP contribution in [-0.2, 0) is 24.0 Å². The Morgan fingerprint density at radius 3 is 2.18 bits per heavy atom. The van der Waals surface area contributed by atoms with Crippen LogP contribution in [0, 0.1) is 0 Å². The van der Waals surface area contributed by atoms with Crippen LogP contribution < -0.4 is 33.2 Å². The van der Waals surface area contributed by atoms with Gasteiger partial charge in [-0.05, 0) is 37.7 Å². The van der Waals surface area contributed by atoms with E-state index >= 15 is 0 Å². The summed E-state index contributed by atoms with van der Waals surface area (Å²) in [7, 11) is 0. The summed E-state index contributed by atoms with van der Waals surface area (Å²) in [6.07, 6.45) is 1.98. The van der Waals surface area contributed by atoms with Crippen LogP contribution in [0.15, 0.2) is 4.99 Å². The van der Waals surface area contributed by atoms with Crippen LogP contribution in [0.1, 0.15) is 32.1 Å². The molecule has 14 nitrogen and oxygen atoms in total. The Morgan fingerprint density at radius 2 is 1.64 bits per heavy atom. The molecule has 0 aliphatic heterocycles. The van der Waals surface area contributed by atoms with Gasteiger partial charge >= 0.3 is 11.9 Å². The lowest BCUT2D eigenvalue weighted by molar-refractivity contribution is -0.143. The van der Waals surface area contributed by atoms with Crippen molar-refractivity contribution >= 4 is 47.4 Å². The molecule has 15 heteroatoms. The number of nitrogens with one attached hydrogen (secondary N) is 3. The molecule has 188 valence electrons. The minimum absolute atomic E-state index is 0.0682. The number of carboxylic acid groups (broad SMARTS) is 2. The van der Waals surface area contributed by atoms with Crippen molar-refractivity contribution in [1.29, 1.82) is 0 Å². The number of hydrogen-bond donors (Lipinski definition) is 8. The van der Waals surface area contributed by atoms with Crippen LogP contribution in [-0.4, -0.2) is 89.1 Å². The van der Waals surface area contributed by atoms with Gasteiger partial charge in [0.25, 0.3) is 0 Å². The fourth-order valence-corrected chi connectivity index (χ4v) is 2.97. The van der Waals surface area contributed by atoms with Crippen molar-refractivity contribution < 1.29 is 34.2 Å². The molecule has 0 aliphatic rings. The molecule has 0 heterocycles. The van der Waals surface area contributed by atoms with Gasteiger partial charge in [-0.3, -0.25) is 24.2 Å². The summed E-state index contributed by atoms with van der Waals surface area (Å²) in [4.78, 5) is 62.5. The van der Waals surface area contributed by atoms with Crippen molar-refractivity contribution in [2.45, 2.75) is 50.2 Å². The number of guanidine groups is 1. The van der Waals surface area contributed by atoms with Gasteiger partial charge in [0.2, 0.25) is 17.7 Å². The zero-order chi connectivity index (χ0) is 25.4. The Hall–Kier alpha value is -3.07. The van der Waals surface area contributed by atoms with Crippen molar-refractivity contribution in [3.05, 3.63) is 0 Å². The molecule has 0 aromatic rings. The van der Waals surface area contributed by atoms with E-state index in [-0.39, 0.29) is 25.2 Å². The van der Waals surface area contributed by atoms with E-state index in [0.717, 1.165) is 0 Å². The second-order valence-electron chi connectivity index (χ2n) is 7.01. The molecule has 0 aromatic heterocycles. The van der Waals surface area contributed by atoms with Gasteiger partial charge in [-0.2, -0.15) is 11.8 Å². The van der Waals surface area contributed by atoms with Gasteiger partial charge in [-0.15, -0.1) is 0 Å². The standard InChI is InChI=1S/C18H33N7O7S/c1-33-8-6-11(16(30)25-12(17(31)32)4-5-14(27)28)24-13(26)9-23-15(29)10(19)3-2-7-22-18(20)21/h10-12H,2-9,19H2,1H3,(H,23,29)(H,24,26)(H,25,30)(H,27,28)(H,31,32)(H4,20,21,22). The van der Waals surface area contributed by atoms with Gasteiger partial charge in [-0.1, -0.05) is 0 Å². The average molecular weight is 492 g/mol. The number of hydrogen-bond acceptors (Lipinski definition) is 8. The van der Waals surface area contributed by atoms with Crippen molar-refractivity contribution in [1.82, 2.24) is 16.0 Å². The van der Waals surface area contributed by atoms with E-state index in [2.05, 4.69) is 20.9 Å². The van der Waals surface area contributed by atoms with Crippen LogP contribution >= 0.6 is 11.8 Å². The quantitative estimate of drug-likeness (QED) is 0.0584. The highest BCUT2D eigenvalue weighted by Gasteiger charge is 2.27. The van der Waals surface area contributed by atoms with Crippen LogP contribution in [0.2, 0.25) is 0 Å². The average Bonchev–Trinajstić information content (AvgIpc) is 2.74. The van der Waals surface area contributed by atoms with Gasteiger partial charge < -0.3 is 43.4 Å². The largest absolute Gasteiger partial charge is 0.481 e. The second-order valence-corrected chi connectivity index (χ2v) is 7.99. The normalized spacial score (nSPS) is 13.2. The first-order chi connectivity index (χ1) is 15.5. The minimum Gasteiger partial charge on any atom is -0.481 e. The Kier molecular flexibility index (Phi) is 15.0. The number of rotatable bonds is 17. The first-order valence-electron chi connectivity index (χ1n) is 10.1. The molecule has 3 atom stereocenters. The third-order valence-corrected chi connectivity index (χ3v) is 4.90. The molecule has 0 bridgehead atoms. The van der Waals surface area contributed by atoms with E-state index < -0.39 is 60.8 Å². The molecule has 33 heavy (non-hydrogen) atoms. The molecule has 0 radical (unpaired) electrons. The predicted octanol–water partition coefficient (Wildman–Crippen LogP) is -2.84. The monoisotopic (exact) mass is 491 g/mol. The Balaban J connectivity index is 4.76. The van der Waals surface area contributed by atoms with Crippen LogP contribution in [0.3, 0.4) is 0 Å². The van der Waals surface area contributed by atoms with Crippen LogP contribution in [0.25, 0.3) is 0 Å². The summed E-state index contributed by atoms with van der Waals surface area (Å²) in [5, 5.41) is 25.0. The van der Waals surface area contributed by atoms with E-state index in [1.165, 1.54) is 11.8 Å². The van der Waals surface area contributed by atoms with Crippen molar-refractivity contribution in [2.75, 3.05) is 25.1 Å². The summed E-state index contributed by atoms with van der Waals surface area (Å²) in [5.41, 5.74) is 16.1. The Morgan fingerprint density at radius 1 is 0.970 bits per heavy atom. The molecule has 0 aliphatic carbocycles. The number of aliphatic imine (C=N–C) groups is 1. The van der Waals surface area contributed by atoms with Gasteiger partial charge in [0, 0.05) is 13.0 Å². The summed E-state index contributed by atoms with van der Waals surface area (Å²) in [6, 6.07) is -3.37. The molecule has 0 saturated heterocycles. The van der Waals surface area contributed by atoms with Gasteiger partial charge in [0.15, 0.2) is 5.96 Å². The number of carbonyl (C=O) groups excluding carboxylic acids is 3. The van der Waals surface area contributed by atoms with Crippen LogP contribution in [0.4, 0.5) is 0 Å². The molecular weight excluding hydrogens is 458 g/mol. The predicted molar refractivity (Wildman–Crippen MR) is 122 cm³/mol. The highest BCUT2D eigenvalue weighted by Crippen LogP contribution is 2.04. The smallest absolute Gasteiger partial charge is 0.326 e. The molecular formula is C18H33N7O7S. The van der Waals surface area contributed by atoms with Crippen LogP contribution in [0.5, 0.6) is 0 Å². The molecule has 0 spiro atoms. The fraction of sp³-hybridized carbons (Fsp3) is 0.667. The van der Waals surface area contributed by atoms with E-state index in [1.807, 2.05) is 0 Å². The number of nitrogens with zero attached hydrogens (tertiary/aromatic N) is 1. The van der Waals surface area contributed by atoms with Crippen molar-refractivity contribution in [3.63, 3.8) is 0 Å². The molecule has 0 aromatic carbocycles. The lowest BCUT2D eigenvalue weighted by atomic mass is 10.1. The fourth-order valence-electron chi connectivity index (χ4n) is 2.50. The van der Waals surface area contributed by atoms with E-state index in [0.29, 0.717) is 18.7 Å². The number of carbonyl (C=O) groups is 5. The molecule has 3 amide bonds. The topological polar surface area (TPSA) is 252 Å². The maximum atomic E-state index is 12.5. The van der Waals surface area contributed by atoms with Crippen molar-refractivity contribution in [3.8, 4) is 0 Å². The summed E-state index contributed by atoms with van der Waals surface area (Å²) in [6.45, 7) is -0.134. The lowest BCUT2D eigenvalue weighted by Crippen LogP contribution is -2.54. The third kappa shape index (κ3) is 14.6. The lowest BCUT2D eigenvalue weighted by Gasteiger charge is -2.21. The Bertz CT molecular complexity index is 716. The van der Waals surface area contributed by atoms with E-state index in [4.69, 9.17) is 22.3 Å². The van der Waals surface area contributed by atoms with Gasteiger partial charge in [0.05, 0.1) is 12.6 Å². The van der Waals surface area contributed by atoms with Gasteiger partial charge in [-0.25, -0.2) is 4.79 Å². The SMILES string of the molecule is CSCCC(NC(=O)CNC(=O)C(N)CCCN=C(N)N)C(=O)NC(CCC(=O)O)C(=O)O. The zero-order valence-corrected chi connectivity index (χ0v) is 19.2. The summed E-state index contributed by atoms with van der Waals surface area (Å²) >= 11 is 1.41. The highest BCUT2D eigenvalue weighted by atomic mass is 32.2. The number of nitrogens with two attached hydrogens (primary N) is 3. The number of carboxylic acids is 2. The first kappa shape index (κ1) is 29.9. The molecule has 0 rings (SSSR count). The molecule has 0 saturated carbocycles. The number of amides is 3.